The standard InChI is InChI=1S/C13H26O4S/c1-3-6-12-11-13(14,8-9-17-12)7-5-10-18(15,16)4-2/h12,14H,3-11H2,1-2H3. The quantitative estimate of drug-likeness (QED) is 0.772. The van der Waals surface area contributed by atoms with Gasteiger partial charge in [-0.2, -0.15) is 0 Å². The third-order valence-corrected chi connectivity index (χ3v) is 5.47. The fourth-order valence-corrected chi connectivity index (χ4v) is 3.37. The lowest BCUT2D eigenvalue weighted by Gasteiger charge is -2.37. The van der Waals surface area contributed by atoms with Crippen LogP contribution in [0.15, 0.2) is 0 Å². The second-order valence-corrected chi connectivity index (χ2v) is 7.77. The molecule has 0 bridgehead atoms. The summed E-state index contributed by atoms with van der Waals surface area (Å²) in [7, 11) is -2.91. The third kappa shape index (κ3) is 5.24. The summed E-state index contributed by atoms with van der Waals surface area (Å²) < 4.78 is 28.4. The molecule has 1 rings (SSSR count). The Labute approximate surface area is 111 Å². The molecule has 0 aromatic heterocycles. The minimum absolute atomic E-state index is 0.136. The van der Waals surface area contributed by atoms with E-state index >= 15 is 0 Å². The van der Waals surface area contributed by atoms with E-state index in [9.17, 15) is 13.5 Å². The van der Waals surface area contributed by atoms with Crippen LogP contribution in [0.5, 0.6) is 0 Å². The van der Waals surface area contributed by atoms with Crippen molar-refractivity contribution in [3.63, 3.8) is 0 Å². The van der Waals surface area contributed by atoms with Gasteiger partial charge in [0.05, 0.1) is 17.5 Å². The molecule has 0 spiro atoms. The Morgan fingerprint density at radius 3 is 2.72 bits per heavy atom. The van der Waals surface area contributed by atoms with E-state index in [2.05, 4.69) is 6.92 Å². The first kappa shape index (κ1) is 15.9. The molecule has 0 radical (unpaired) electrons. The summed E-state index contributed by atoms with van der Waals surface area (Å²) in [6, 6.07) is 0. The summed E-state index contributed by atoms with van der Waals surface area (Å²) in [4.78, 5) is 0. The molecule has 0 aliphatic carbocycles. The van der Waals surface area contributed by atoms with Crippen LogP contribution >= 0.6 is 0 Å². The number of hydrogen-bond acceptors (Lipinski definition) is 4. The zero-order valence-corrected chi connectivity index (χ0v) is 12.3. The van der Waals surface area contributed by atoms with Crippen molar-refractivity contribution in [3.05, 3.63) is 0 Å². The van der Waals surface area contributed by atoms with Gasteiger partial charge in [0.2, 0.25) is 0 Å². The topological polar surface area (TPSA) is 63.6 Å². The number of hydrogen-bond donors (Lipinski definition) is 1. The van der Waals surface area contributed by atoms with Crippen molar-refractivity contribution in [1.82, 2.24) is 0 Å². The maximum Gasteiger partial charge on any atom is 0.150 e. The predicted molar refractivity (Wildman–Crippen MR) is 72.4 cm³/mol. The smallest absolute Gasteiger partial charge is 0.150 e. The van der Waals surface area contributed by atoms with Gasteiger partial charge in [-0.3, -0.25) is 0 Å². The Hall–Kier alpha value is -0.130. The van der Waals surface area contributed by atoms with Crippen molar-refractivity contribution >= 4 is 9.84 Å². The van der Waals surface area contributed by atoms with Gasteiger partial charge in [-0.05, 0) is 25.7 Å². The van der Waals surface area contributed by atoms with Gasteiger partial charge in [-0.25, -0.2) is 8.42 Å². The van der Waals surface area contributed by atoms with E-state index in [1.807, 2.05) is 0 Å². The van der Waals surface area contributed by atoms with E-state index in [4.69, 9.17) is 4.74 Å². The molecule has 0 aromatic carbocycles. The average Bonchev–Trinajstić information content (AvgIpc) is 2.29. The van der Waals surface area contributed by atoms with Crippen LogP contribution in [-0.2, 0) is 14.6 Å². The molecule has 1 aliphatic heterocycles. The molecule has 1 aliphatic rings. The van der Waals surface area contributed by atoms with E-state index in [0.29, 0.717) is 32.3 Å². The maximum absolute atomic E-state index is 11.4. The largest absolute Gasteiger partial charge is 0.390 e. The lowest BCUT2D eigenvalue weighted by atomic mass is 9.85. The monoisotopic (exact) mass is 278 g/mol. The highest BCUT2D eigenvalue weighted by atomic mass is 32.2. The molecule has 1 heterocycles. The van der Waals surface area contributed by atoms with Crippen LogP contribution in [0.1, 0.15) is 52.4 Å². The van der Waals surface area contributed by atoms with Gasteiger partial charge in [0.25, 0.3) is 0 Å². The summed E-state index contributed by atoms with van der Waals surface area (Å²) in [6.07, 6.45) is 4.53. The van der Waals surface area contributed by atoms with Gasteiger partial charge in [-0.15, -0.1) is 0 Å². The Kier molecular flexibility index (Phi) is 6.08. The number of ether oxygens (including phenoxy) is 1. The number of sulfone groups is 1. The van der Waals surface area contributed by atoms with Gasteiger partial charge < -0.3 is 9.84 Å². The molecular formula is C13H26O4S. The molecule has 5 heteroatoms. The fourth-order valence-electron chi connectivity index (χ4n) is 2.50. The van der Waals surface area contributed by atoms with E-state index in [0.717, 1.165) is 12.8 Å². The lowest BCUT2D eigenvalue weighted by Crippen LogP contribution is -2.41. The van der Waals surface area contributed by atoms with Crippen LogP contribution in [0, 0.1) is 0 Å². The molecular weight excluding hydrogens is 252 g/mol. The highest BCUT2D eigenvalue weighted by Crippen LogP contribution is 2.31. The first-order chi connectivity index (χ1) is 8.41. The molecule has 1 saturated heterocycles. The minimum Gasteiger partial charge on any atom is -0.390 e. The van der Waals surface area contributed by atoms with E-state index < -0.39 is 15.4 Å². The van der Waals surface area contributed by atoms with Crippen LogP contribution < -0.4 is 0 Å². The summed E-state index contributed by atoms with van der Waals surface area (Å²) in [5.74, 6) is 0.373. The molecule has 0 amide bonds. The molecule has 1 fully saturated rings. The highest BCUT2D eigenvalue weighted by Gasteiger charge is 2.34. The Morgan fingerprint density at radius 1 is 1.39 bits per heavy atom. The minimum atomic E-state index is -2.91. The van der Waals surface area contributed by atoms with Crippen LogP contribution in [0.4, 0.5) is 0 Å². The van der Waals surface area contributed by atoms with Gasteiger partial charge in [-0.1, -0.05) is 20.3 Å². The highest BCUT2D eigenvalue weighted by molar-refractivity contribution is 7.91. The van der Waals surface area contributed by atoms with Crippen molar-refractivity contribution in [1.29, 1.82) is 0 Å². The fraction of sp³-hybridized carbons (Fsp3) is 1.00. The molecule has 4 nitrogen and oxygen atoms in total. The van der Waals surface area contributed by atoms with E-state index in [1.165, 1.54) is 0 Å². The van der Waals surface area contributed by atoms with Crippen LogP contribution in [0.3, 0.4) is 0 Å². The van der Waals surface area contributed by atoms with Crippen molar-refractivity contribution < 1.29 is 18.3 Å². The molecule has 0 aromatic rings. The van der Waals surface area contributed by atoms with E-state index in [1.54, 1.807) is 6.92 Å². The van der Waals surface area contributed by atoms with Crippen LogP contribution in [-0.4, -0.2) is 43.3 Å². The SMILES string of the molecule is CCCC1CC(O)(CCCS(=O)(=O)CC)CCO1. The first-order valence-electron chi connectivity index (χ1n) is 6.95. The van der Waals surface area contributed by atoms with Crippen LogP contribution in [0.25, 0.3) is 0 Å². The van der Waals surface area contributed by atoms with Crippen molar-refractivity contribution in [2.75, 3.05) is 18.1 Å². The third-order valence-electron chi connectivity index (χ3n) is 3.68. The summed E-state index contributed by atoms with van der Waals surface area (Å²) in [5.41, 5.74) is -0.721. The molecule has 2 atom stereocenters. The lowest BCUT2D eigenvalue weighted by molar-refractivity contribution is -0.109. The number of rotatable bonds is 7. The predicted octanol–water partition coefficient (Wildman–Crippen LogP) is 1.91. The van der Waals surface area contributed by atoms with Gasteiger partial charge in [0, 0.05) is 18.8 Å². The van der Waals surface area contributed by atoms with Gasteiger partial charge in [0.15, 0.2) is 0 Å². The summed E-state index contributed by atoms with van der Waals surface area (Å²) in [5, 5.41) is 10.5. The van der Waals surface area contributed by atoms with Crippen molar-refractivity contribution in [2.45, 2.75) is 64.1 Å². The summed E-state index contributed by atoms with van der Waals surface area (Å²) in [6.45, 7) is 4.35. The Bertz CT molecular complexity index is 337. The molecule has 1 N–H and O–H groups in total. The van der Waals surface area contributed by atoms with Crippen molar-refractivity contribution in [2.24, 2.45) is 0 Å². The summed E-state index contributed by atoms with van der Waals surface area (Å²) >= 11 is 0. The first-order valence-corrected chi connectivity index (χ1v) is 8.77. The molecule has 0 saturated carbocycles. The molecule has 18 heavy (non-hydrogen) atoms. The maximum atomic E-state index is 11.4. The zero-order valence-electron chi connectivity index (χ0n) is 11.5. The number of aliphatic hydroxyl groups is 1. The van der Waals surface area contributed by atoms with Gasteiger partial charge in [0.1, 0.15) is 9.84 Å². The average molecular weight is 278 g/mol. The van der Waals surface area contributed by atoms with Crippen LogP contribution in [0.2, 0.25) is 0 Å². The molecule has 108 valence electrons. The molecule has 2 unspecified atom stereocenters. The van der Waals surface area contributed by atoms with Gasteiger partial charge >= 0.3 is 0 Å². The second kappa shape index (κ2) is 6.87. The van der Waals surface area contributed by atoms with E-state index in [-0.39, 0.29) is 17.6 Å². The Morgan fingerprint density at radius 2 is 2.11 bits per heavy atom. The van der Waals surface area contributed by atoms with Crippen molar-refractivity contribution in [3.8, 4) is 0 Å². The zero-order chi connectivity index (χ0) is 13.6. The second-order valence-electron chi connectivity index (χ2n) is 5.30. The Balaban J connectivity index is 2.39. The normalized spacial score (nSPS) is 29.4.